The van der Waals surface area contributed by atoms with Gasteiger partial charge >= 0.3 is 0 Å². The third-order valence-electron chi connectivity index (χ3n) is 1.88. The average molecular weight is 147 g/mol. The summed E-state index contributed by atoms with van der Waals surface area (Å²) in [5.74, 6) is 0.218. The van der Waals surface area contributed by atoms with Gasteiger partial charge in [-0.1, -0.05) is 6.42 Å². The normalized spacial score (nSPS) is 36.9. The number of rotatable bonds is 0. The first-order valence-corrected chi connectivity index (χ1v) is 3.73. The summed E-state index contributed by atoms with van der Waals surface area (Å²) in [4.78, 5) is 10.5. The molecule has 1 fully saturated rings. The minimum atomic E-state index is -0.530. The Hall–Kier alpha value is -0.0400. The minimum Gasteiger partial charge on any atom is -0.298 e. The fourth-order valence-corrected chi connectivity index (χ4v) is 1.37. The zero-order valence-electron chi connectivity index (χ0n) is 5.61. The molecule has 0 aromatic heterocycles. The molecule has 9 heavy (non-hydrogen) atoms. The predicted octanol–water partition coefficient (Wildman–Crippen LogP) is 2.13. The van der Waals surface area contributed by atoms with E-state index in [9.17, 15) is 4.79 Å². The van der Waals surface area contributed by atoms with Crippen LogP contribution in [0, 0.1) is 0 Å². The Bertz CT molecular complexity index is 129. The molecule has 1 rings (SSSR count). The van der Waals surface area contributed by atoms with E-state index in [0.717, 1.165) is 19.3 Å². The molecule has 0 N–H and O–H groups in total. The molecule has 2 heteroatoms. The zero-order chi connectivity index (χ0) is 6.91. The second-order valence-corrected chi connectivity index (χ2v) is 3.66. The Balaban J connectivity index is 2.60. The molecule has 1 aliphatic carbocycles. The lowest BCUT2D eigenvalue weighted by atomic mass is 9.89. The van der Waals surface area contributed by atoms with Crippen LogP contribution in [0.15, 0.2) is 0 Å². The van der Waals surface area contributed by atoms with E-state index in [0.29, 0.717) is 6.42 Å². The van der Waals surface area contributed by atoms with Gasteiger partial charge < -0.3 is 0 Å². The standard InChI is InChI=1S/C7H11ClO/c1-7(8)5-3-2-4-6(7)9/h2-5H2,1H3/t7-/m1/s1. The van der Waals surface area contributed by atoms with Gasteiger partial charge in [0.15, 0.2) is 5.78 Å². The molecule has 1 aliphatic rings. The molecule has 0 aromatic carbocycles. The molecule has 0 radical (unpaired) electrons. The van der Waals surface area contributed by atoms with E-state index in [1.165, 1.54) is 0 Å². The molecule has 1 atom stereocenters. The average Bonchev–Trinajstić information content (AvgIpc) is 1.77. The monoisotopic (exact) mass is 146 g/mol. The first-order chi connectivity index (χ1) is 4.13. The van der Waals surface area contributed by atoms with Crippen LogP contribution >= 0.6 is 11.6 Å². The first-order valence-electron chi connectivity index (χ1n) is 3.35. The topological polar surface area (TPSA) is 17.1 Å². The summed E-state index contributed by atoms with van der Waals surface area (Å²) in [7, 11) is 0. The summed E-state index contributed by atoms with van der Waals surface area (Å²) in [5.41, 5.74) is 0. The second-order valence-electron chi connectivity index (χ2n) is 2.83. The van der Waals surface area contributed by atoms with Crippen LogP contribution in [0.5, 0.6) is 0 Å². The number of carbonyl (C=O) groups is 1. The van der Waals surface area contributed by atoms with E-state index in [4.69, 9.17) is 11.6 Å². The van der Waals surface area contributed by atoms with Crippen LogP contribution in [0.1, 0.15) is 32.6 Å². The van der Waals surface area contributed by atoms with Crippen molar-refractivity contribution in [2.45, 2.75) is 37.5 Å². The van der Waals surface area contributed by atoms with Gasteiger partial charge in [-0.3, -0.25) is 4.79 Å². The van der Waals surface area contributed by atoms with Gasteiger partial charge in [-0.05, 0) is 19.8 Å². The molecule has 0 aromatic rings. The van der Waals surface area contributed by atoms with Gasteiger partial charge in [-0.15, -0.1) is 11.6 Å². The van der Waals surface area contributed by atoms with Crippen LogP contribution in [0.25, 0.3) is 0 Å². The minimum absolute atomic E-state index is 0.218. The Morgan fingerprint density at radius 2 is 2.22 bits per heavy atom. The highest BCUT2D eigenvalue weighted by molar-refractivity contribution is 6.35. The Morgan fingerprint density at radius 1 is 1.56 bits per heavy atom. The molecular weight excluding hydrogens is 136 g/mol. The van der Waals surface area contributed by atoms with Crippen molar-refractivity contribution in [2.24, 2.45) is 0 Å². The van der Waals surface area contributed by atoms with Gasteiger partial charge in [-0.25, -0.2) is 0 Å². The molecule has 1 saturated carbocycles. The summed E-state index contributed by atoms with van der Waals surface area (Å²) in [5, 5.41) is 0. The van der Waals surface area contributed by atoms with Gasteiger partial charge in [0.25, 0.3) is 0 Å². The number of hydrogen-bond acceptors (Lipinski definition) is 1. The Labute approximate surface area is 60.4 Å². The van der Waals surface area contributed by atoms with Crippen LogP contribution in [0.4, 0.5) is 0 Å². The number of hydrogen-bond donors (Lipinski definition) is 0. The Morgan fingerprint density at radius 3 is 2.56 bits per heavy atom. The van der Waals surface area contributed by atoms with E-state index >= 15 is 0 Å². The number of alkyl halides is 1. The van der Waals surface area contributed by atoms with Crippen LogP contribution in [-0.4, -0.2) is 10.7 Å². The molecule has 0 heterocycles. The van der Waals surface area contributed by atoms with Gasteiger partial charge in [0, 0.05) is 6.42 Å². The number of Topliss-reactive ketones (excluding diaryl/α,β-unsaturated/α-hetero) is 1. The largest absolute Gasteiger partial charge is 0.298 e. The van der Waals surface area contributed by atoms with Crippen LogP contribution in [0.3, 0.4) is 0 Å². The second kappa shape index (κ2) is 2.30. The van der Waals surface area contributed by atoms with Crippen molar-refractivity contribution < 1.29 is 4.79 Å². The van der Waals surface area contributed by atoms with Crippen LogP contribution in [0.2, 0.25) is 0 Å². The first kappa shape index (κ1) is 7.07. The highest BCUT2D eigenvalue weighted by Crippen LogP contribution is 2.29. The maximum atomic E-state index is 11.0. The third kappa shape index (κ3) is 1.45. The van der Waals surface area contributed by atoms with Crippen molar-refractivity contribution in [2.75, 3.05) is 0 Å². The quantitative estimate of drug-likeness (QED) is 0.479. The zero-order valence-corrected chi connectivity index (χ0v) is 6.37. The smallest absolute Gasteiger partial charge is 0.153 e. The molecule has 0 saturated heterocycles. The van der Waals surface area contributed by atoms with Crippen molar-refractivity contribution in [3.63, 3.8) is 0 Å². The van der Waals surface area contributed by atoms with Crippen molar-refractivity contribution in [3.8, 4) is 0 Å². The summed E-state index contributed by atoms with van der Waals surface area (Å²) in [6, 6.07) is 0. The summed E-state index contributed by atoms with van der Waals surface area (Å²) >= 11 is 5.87. The fraction of sp³-hybridized carbons (Fsp3) is 0.857. The lowest BCUT2D eigenvalue weighted by Crippen LogP contribution is -2.31. The van der Waals surface area contributed by atoms with Gasteiger partial charge in [0.05, 0.1) is 4.87 Å². The lowest BCUT2D eigenvalue weighted by Gasteiger charge is -2.24. The van der Waals surface area contributed by atoms with E-state index < -0.39 is 4.87 Å². The van der Waals surface area contributed by atoms with Crippen molar-refractivity contribution in [1.82, 2.24) is 0 Å². The number of carbonyl (C=O) groups excluding carboxylic acids is 1. The Kier molecular flexibility index (Phi) is 1.80. The molecule has 0 aliphatic heterocycles. The molecular formula is C7H11ClO. The SMILES string of the molecule is C[C@@]1(Cl)CCCCC1=O. The molecule has 52 valence electrons. The van der Waals surface area contributed by atoms with Gasteiger partial charge in [-0.2, -0.15) is 0 Å². The maximum Gasteiger partial charge on any atom is 0.153 e. The van der Waals surface area contributed by atoms with E-state index in [1.807, 2.05) is 6.92 Å². The predicted molar refractivity (Wildman–Crippen MR) is 37.7 cm³/mol. The van der Waals surface area contributed by atoms with Gasteiger partial charge in [0.1, 0.15) is 0 Å². The highest BCUT2D eigenvalue weighted by atomic mass is 35.5. The fourth-order valence-electron chi connectivity index (χ4n) is 1.14. The van der Waals surface area contributed by atoms with E-state index in [-0.39, 0.29) is 5.78 Å². The van der Waals surface area contributed by atoms with Crippen molar-refractivity contribution in [3.05, 3.63) is 0 Å². The van der Waals surface area contributed by atoms with E-state index in [2.05, 4.69) is 0 Å². The van der Waals surface area contributed by atoms with Crippen molar-refractivity contribution in [1.29, 1.82) is 0 Å². The molecule has 1 nitrogen and oxygen atoms in total. The lowest BCUT2D eigenvalue weighted by molar-refractivity contribution is -0.122. The third-order valence-corrected chi connectivity index (χ3v) is 2.28. The summed E-state index contributed by atoms with van der Waals surface area (Å²) < 4.78 is 0. The maximum absolute atomic E-state index is 11.0. The van der Waals surface area contributed by atoms with Gasteiger partial charge in [0.2, 0.25) is 0 Å². The molecule has 0 unspecified atom stereocenters. The highest BCUT2D eigenvalue weighted by Gasteiger charge is 2.32. The molecule has 0 amide bonds. The molecule has 0 bridgehead atoms. The number of halogens is 1. The summed E-state index contributed by atoms with van der Waals surface area (Å²) in [6.45, 7) is 1.82. The van der Waals surface area contributed by atoms with Crippen molar-refractivity contribution >= 4 is 17.4 Å². The van der Waals surface area contributed by atoms with Crippen LogP contribution in [-0.2, 0) is 4.79 Å². The van der Waals surface area contributed by atoms with E-state index in [1.54, 1.807) is 0 Å². The van der Waals surface area contributed by atoms with Crippen LogP contribution < -0.4 is 0 Å². The summed E-state index contributed by atoms with van der Waals surface area (Å²) in [6.07, 6.45) is 3.67. The molecule has 0 spiro atoms. The number of ketones is 1.